The molecule has 4 rings (SSSR count). The fourth-order valence-corrected chi connectivity index (χ4v) is 3.99. The highest BCUT2D eigenvalue weighted by molar-refractivity contribution is 5.74. The Balaban J connectivity index is 1.65. The summed E-state index contributed by atoms with van der Waals surface area (Å²) in [6.07, 6.45) is 3.93. The maximum absolute atomic E-state index is 14.3. The minimum Gasteiger partial charge on any atom is -0.393 e. The third kappa shape index (κ3) is 4.40. The highest BCUT2D eigenvalue weighted by atomic mass is 19.1. The molecule has 4 N–H and O–H groups in total. The first-order valence-electron chi connectivity index (χ1n) is 10.3. The van der Waals surface area contributed by atoms with Gasteiger partial charge in [0.05, 0.1) is 23.7 Å². The van der Waals surface area contributed by atoms with Gasteiger partial charge in [-0.2, -0.15) is 4.98 Å². The first kappa shape index (κ1) is 20.6. The minimum atomic E-state index is -0.659. The predicted octanol–water partition coefficient (Wildman–Crippen LogP) is 3.90. The fraction of sp³-hybridized carbons (Fsp3) is 0.524. The van der Waals surface area contributed by atoms with Crippen molar-refractivity contribution in [2.75, 3.05) is 20.9 Å². The smallest absolute Gasteiger partial charge is 0.225 e. The summed E-state index contributed by atoms with van der Waals surface area (Å²) in [6.45, 7) is 6.09. The molecule has 1 atom stereocenters. The van der Waals surface area contributed by atoms with Crippen LogP contribution in [0.25, 0.3) is 0 Å². The Labute approximate surface area is 174 Å². The molecule has 2 aromatic rings. The quantitative estimate of drug-likeness (QED) is 0.599. The highest BCUT2D eigenvalue weighted by Crippen LogP contribution is 2.39. The fourth-order valence-electron chi connectivity index (χ4n) is 3.99. The second kappa shape index (κ2) is 7.86. The number of aliphatic hydroxyl groups is 1. The normalized spacial score (nSPS) is 23.7. The topological polar surface area (TPSA) is 85.3 Å². The summed E-state index contributed by atoms with van der Waals surface area (Å²) in [4.78, 5) is 11.2. The Bertz CT molecular complexity index is 911. The molecule has 0 spiro atoms. The summed E-state index contributed by atoms with van der Waals surface area (Å²) in [5.41, 5.74) is 0.735. The third-order valence-electron chi connectivity index (χ3n) is 5.35. The van der Waals surface area contributed by atoms with Crippen LogP contribution in [-0.4, -0.2) is 39.0 Å². The van der Waals surface area contributed by atoms with Crippen molar-refractivity contribution >= 4 is 23.1 Å². The molecule has 1 aromatic heterocycles. The number of anilines is 4. The van der Waals surface area contributed by atoms with Crippen molar-refractivity contribution in [1.82, 2.24) is 9.97 Å². The summed E-state index contributed by atoms with van der Waals surface area (Å²) in [7, 11) is 0. The molecule has 1 unspecified atom stereocenters. The number of fused-ring (bicyclic) bond motifs is 1. The number of rotatable bonds is 4. The predicted molar refractivity (Wildman–Crippen MR) is 114 cm³/mol. The number of hydrogen-bond acceptors (Lipinski definition) is 7. The molecule has 7 nitrogen and oxygen atoms in total. The van der Waals surface area contributed by atoms with Crippen molar-refractivity contribution < 1.29 is 13.9 Å². The SMILES string of the molecule is CC(C)(C)Nc1ncc2c(n1)N(C1CCC(O)CC1)C(Nc1ccc(F)cc1F)N2. The molecular weight excluding hydrogens is 390 g/mol. The van der Waals surface area contributed by atoms with E-state index in [-0.39, 0.29) is 23.4 Å². The Kier molecular flexibility index (Phi) is 5.40. The van der Waals surface area contributed by atoms with Crippen LogP contribution in [-0.2, 0) is 0 Å². The van der Waals surface area contributed by atoms with Crippen LogP contribution in [0.4, 0.5) is 31.9 Å². The van der Waals surface area contributed by atoms with Crippen LogP contribution in [0.3, 0.4) is 0 Å². The standard InChI is InChI=1S/C21H28F2N6O/c1-21(2,3)28-19-24-11-17-18(27-19)29(13-5-7-14(30)8-6-13)20(26-17)25-16-9-4-12(22)10-15(16)23/h4,9-11,13-14,20,25-26,30H,5-8H2,1-3H3,(H,24,27,28). The summed E-state index contributed by atoms with van der Waals surface area (Å²) in [6, 6.07) is 3.58. The maximum Gasteiger partial charge on any atom is 0.225 e. The van der Waals surface area contributed by atoms with Crippen molar-refractivity contribution in [1.29, 1.82) is 0 Å². The van der Waals surface area contributed by atoms with E-state index in [2.05, 4.69) is 25.8 Å². The summed E-state index contributed by atoms with van der Waals surface area (Å²) >= 11 is 0. The average Bonchev–Trinajstić information content (AvgIpc) is 3.01. The molecule has 1 fully saturated rings. The van der Waals surface area contributed by atoms with E-state index in [1.165, 1.54) is 12.1 Å². The van der Waals surface area contributed by atoms with E-state index in [0.29, 0.717) is 18.8 Å². The van der Waals surface area contributed by atoms with Crippen LogP contribution in [0, 0.1) is 11.6 Å². The van der Waals surface area contributed by atoms with E-state index >= 15 is 0 Å². The van der Waals surface area contributed by atoms with E-state index in [0.717, 1.165) is 30.4 Å². The van der Waals surface area contributed by atoms with Gasteiger partial charge in [0.15, 0.2) is 12.1 Å². The number of nitrogens with zero attached hydrogens (tertiary/aromatic N) is 3. The number of aromatic nitrogens is 2. The molecule has 0 bridgehead atoms. The van der Waals surface area contributed by atoms with Gasteiger partial charge >= 0.3 is 0 Å². The molecule has 9 heteroatoms. The van der Waals surface area contributed by atoms with Gasteiger partial charge in [0, 0.05) is 17.6 Å². The van der Waals surface area contributed by atoms with Crippen molar-refractivity contribution in [3.05, 3.63) is 36.0 Å². The summed E-state index contributed by atoms with van der Waals surface area (Å²) in [5, 5.41) is 19.7. The van der Waals surface area contributed by atoms with Gasteiger partial charge in [-0.05, 0) is 58.6 Å². The molecule has 162 valence electrons. The lowest BCUT2D eigenvalue weighted by atomic mass is 9.92. The number of nitrogens with one attached hydrogen (secondary N) is 3. The largest absolute Gasteiger partial charge is 0.393 e. The molecular formula is C21H28F2N6O. The van der Waals surface area contributed by atoms with Crippen molar-refractivity contribution in [2.24, 2.45) is 0 Å². The van der Waals surface area contributed by atoms with E-state index in [9.17, 15) is 13.9 Å². The zero-order valence-corrected chi connectivity index (χ0v) is 17.4. The van der Waals surface area contributed by atoms with Gasteiger partial charge in [-0.15, -0.1) is 0 Å². The maximum atomic E-state index is 14.3. The monoisotopic (exact) mass is 418 g/mol. The molecule has 0 radical (unpaired) electrons. The second-order valence-corrected chi connectivity index (χ2v) is 8.99. The van der Waals surface area contributed by atoms with Gasteiger partial charge in [0.1, 0.15) is 11.6 Å². The van der Waals surface area contributed by atoms with E-state index in [1.807, 2.05) is 20.8 Å². The van der Waals surface area contributed by atoms with E-state index in [1.54, 1.807) is 6.20 Å². The molecule has 0 saturated heterocycles. The number of hydrogen-bond donors (Lipinski definition) is 4. The number of benzene rings is 1. The van der Waals surface area contributed by atoms with Crippen LogP contribution in [0.2, 0.25) is 0 Å². The molecule has 1 aliphatic heterocycles. The van der Waals surface area contributed by atoms with Crippen molar-refractivity contribution in [2.45, 2.75) is 70.4 Å². The van der Waals surface area contributed by atoms with Crippen LogP contribution >= 0.6 is 0 Å². The Morgan fingerprint density at radius 2 is 1.90 bits per heavy atom. The van der Waals surface area contributed by atoms with E-state index < -0.39 is 17.9 Å². The Morgan fingerprint density at radius 1 is 1.17 bits per heavy atom. The van der Waals surface area contributed by atoms with Gasteiger partial charge in [0.2, 0.25) is 5.95 Å². The molecule has 1 saturated carbocycles. The molecule has 30 heavy (non-hydrogen) atoms. The van der Waals surface area contributed by atoms with Crippen LogP contribution < -0.4 is 20.9 Å². The first-order chi connectivity index (χ1) is 14.2. The van der Waals surface area contributed by atoms with Crippen molar-refractivity contribution in [3.8, 4) is 0 Å². The summed E-state index contributed by atoms with van der Waals surface area (Å²) in [5.74, 6) is -0.0498. The number of aliphatic hydroxyl groups excluding tert-OH is 1. The van der Waals surface area contributed by atoms with Gasteiger partial charge in [0.25, 0.3) is 0 Å². The van der Waals surface area contributed by atoms with Crippen molar-refractivity contribution in [3.63, 3.8) is 0 Å². The molecule has 0 amide bonds. The third-order valence-corrected chi connectivity index (χ3v) is 5.35. The highest BCUT2D eigenvalue weighted by Gasteiger charge is 2.38. The Morgan fingerprint density at radius 3 is 2.57 bits per heavy atom. The number of halogens is 2. The Hall–Kier alpha value is -2.68. The van der Waals surface area contributed by atoms with Gasteiger partial charge in [-0.25, -0.2) is 13.8 Å². The zero-order valence-electron chi connectivity index (χ0n) is 17.4. The lowest BCUT2D eigenvalue weighted by molar-refractivity contribution is 0.121. The average molecular weight is 418 g/mol. The van der Waals surface area contributed by atoms with Gasteiger partial charge in [-0.3, -0.25) is 0 Å². The second-order valence-electron chi connectivity index (χ2n) is 8.99. The molecule has 1 aliphatic carbocycles. The zero-order chi connectivity index (χ0) is 21.5. The lowest BCUT2D eigenvalue weighted by Crippen LogP contribution is -2.49. The van der Waals surface area contributed by atoms with Gasteiger partial charge < -0.3 is 26.0 Å². The lowest BCUT2D eigenvalue weighted by Gasteiger charge is -2.38. The first-order valence-corrected chi connectivity index (χ1v) is 10.3. The minimum absolute atomic E-state index is 0.112. The molecule has 2 aliphatic rings. The van der Waals surface area contributed by atoms with E-state index in [4.69, 9.17) is 4.98 Å². The van der Waals surface area contributed by atoms with Crippen LogP contribution in [0.15, 0.2) is 24.4 Å². The summed E-state index contributed by atoms with van der Waals surface area (Å²) < 4.78 is 27.6. The van der Waals surface area contributed by atoms with Gasteiger partial charge in [-0.1, -0.05) is 0 Å². The molecule has 2 heterocycles. The molecule has 1 aromatic carbocycles. The van der Waals surface area contributed by atoms with Crippen LogP contribution in [0.5, 0.6) is 0 Å². The van der Waals surface area contributed by atoms with Crippen LogP contribution in [0.1, 0.15) is 46.5 Å².